The van der Waals surface area contributed by atoms with Gasteiger partial charge >= 0.3 is 0 Å². The summed E-state index contributed by atoms with van der Waals surface area (Å²) < 4.78 is 1.64. The van der Waals surface area contributed by atoms with Crippen molar-refractivity contribution < 1.29 is 0 Å². The number of nitrogens with zero attached hydrogens (tertiary/aromatic N) is 1. The second-order valence-corrected chi connectivity index (χ2v) is 6.53. The van der Waals surface area contributed by atoms with Gasteiger partial charge in [0.25, 0.3) is 0 Å². The van der Waals surface area contributed by atoms with Gasteiger partial charge in [-0.1, -0.05) is 23.2 Å². The number of pyridine rings is 1. The Bertz CT molecular complexity index is 530. The predicted octanol–water partition coefficient (Wildman–Crippen LogP) is 5.39. The van der Waals surface area contributed by atoms with Gasteiger partial charge in [-0.25, -0.2) is 4.98 Å². The number of anilines is 1. The molecular formula is C11H9BrCl2N2S. The van der Waals surface area contributed by atoms with Gasteiger partial charge in [0.15, 0.2) is 0 Å². The number of halogens is 3. The minimum Gasteiger partial charge on any atom is -0.362 e. The third-order valence-electron chi connectivity index (χ3n) is 2.18. The fraction of sp³-hybridized carbons (Fsp3) is 0.182. The zero-order valence-corrected chi connectivity index (χ0v) is 12.8. The molecule has 0 radical (unpaired) electrons. The molecule has 2 aromatic rings. The lowest BCUT2D eigenvalue weighted by Crippen LogP contribution is -2.06. The van der Waals surface area contributed by atoms with Gasteiger partial charge in [-0.2, -0.15) is 0 Å². The van der Waals surface area contributed by atoms with Crippen molar-refractivity contribution in [1.82, 2.24) is 4.98 Å². The Morgan fingerprint density at radius 3 is 2.76 bits per heavy atom. The molecule has 6 heteroatoms. The van der Waals surface area contributed by atoms with Gasteiger partial charge in [-0.05, 0) is 41.1 Å². The summed E-state index contributed by atoms with van der Waals surface area (Å²) in [6.45, 7) is 2.06. The highest BCUT2D eigenvalue weighted by Crippen LogP contribution is 2.31. The molecule has 1 unspecified atom stereocenters. The summed E-state index contributed by atoms with van der Waals surface area (Å²) in [6.07, 6.45) is 1.61. The molecule has 0 saturated carbocycles. The number of thiophene rings is 1. The van der Waals surface area contributed by atoms with E-state index in [0.29, 0.717) is 5.02 Å². The van der Waals surface area contributed by atoms with Crippen molar-refractivity contribution in [3.05, 3.63) is 43.1 Å². The van der Waals surface area contributed by atoms with Crippen LogP contribution in [0.3, 0.4) is 0 Å². The molecule has 90 valence electrons. The van der Waals surface area contributed by atoms with Crippen LogP contribution in [0, 0.1) is 0 Å². The smallest absolute Gasteiger partial charge is 0.140 e. The van der Waals surface area contributed by atoms with Gasteiger partial charge in [0.2, 0.25) is 0 Å². The third kappa shape index (κ3) is 3.35. The van der Waals surface area contributed by atoms with Gasteiger partial charge < -0.3 is 5.32 Å². The summed E-state index contributed by atoms with van der Waals surface area (Å²) in [5.41, 5.74) is 0. The number of aromatic nitrogens is 1. The molecule has 0 aliphatic heterocycles. The van der Waals surface area contributed by atoms with Gasteiger partial charge in [0, 0.05) is 11.1 Å². The molecule has 0 bridgehead atoms. The van der Waals surface area contributed by atoms with Crippen LogP contribution in [0.1, 0.15) is 17.8 Å². The van der Waals surface area contributed by atoms with E-state index in [1.807, 2.05) is 18.2 Å². The van der Waals surface area contributed by atoms with E-state index in [0.717, 1.165) is 14.6 Å². The van der Waals surface area contributed by atoms with Crippen LogP contribution >= 0.6 is 50.5 Å². The standard InChI is InChI=1S/C11H9BrCl2N2S/c1-6(9-2-3-10(14)17-9)16-11-8(12)4-7(13)5-15-11/h2-6H,1H3,(H,15,16). The molecule has 0 amide bonds. The van der Waals surface area contributed by atoms with Crippen molar-refractivity contribution in [2.24, 2.45) is 0 Å². The quantitative estimate of drug-likeness (QED) is 0.802. The molecule has 0 aliphatic carbocycles. The molecule has 0 aromatic carbocycles. The number of rotatable bonds is 3. The van der Waals surface area contributed by atoms with Crippen LogP contribution in [0.2, 0.25) is 9.36 Å². The largest absolute Gasteiger partial charge is 0.362 e. The minimum absolute atomic E-state index is 0.150. The van der Waals surface area contributed by atoms with Gasteiger partial charge in [0.1, 0.15) is 5.82 Å². The Morgan fingerprint density at radius 1 is 1.41 bits per heavy atom. The van der Waals surface area contributed by atoms with Crippen LogP contribution in [0.5, 0.6) is 0 Å². The van der Waals surface area contributed by atoms with Crippen molar-refractivity contribution in [2.45, 2.75) is 13.0 Å². The SMILES string of the molecule is CC(Nc1ncc(Cl)cc1Br)c1ccc(Cl)s1. The maximum atomic E-state index is 5.91. The van der Waals surface area contributed by atoms with Crippen molar-refractivity contribution in [3.63, 3.8) is 0 Å². The third-order valence-corrected chi connectivity index (χ3v) is 4.41. The molecule has 2 nitrogen and oxygen atoms in total. The van der Waals surface area contributed by atoms with Crippen LogP contribution in [-0.4, -0.2) is 4.98 Å². The summed E-state index contributed by atoms with van der Waals surface area (Å²) in [7, 11) is 0. The van der Waals surface area contributed by atoms with Gasteiger partial charge in [-0.15, -0.1) is 11.3 Å². The average molecular weight is 352 g/mol. The van der Waals surface area contributed by atoms with Crippen LogP contribution in [0.15, 0.2) is 28.9 Å². The highest BCUT2D eigenvalue weighted by molar-refractivity contribution is 9.10. The van der Waals surface area contributed by atoms with Crippen molar-refractivity contribution >= 4 is 56.3 Å². The first-order valence-electron chi connectivity index (χ1n) is 4.89. The monoisotopic (exact) mass is 350 g/mol. The summed E-state index contributed by atoms with van der Waals surface area (Å²) in [4.78, 5) is 5.40. The summed E-state index contributed by atoms with van der Waals surface area (Å²) in [6, 6.07) is 5.86. The zero-order valence-electron chi connectivity index (χ0n) is 8.88. The van der Waals surface area contributed by atoms with Crippen LogP contribution in [0.4, 0.5) is 5.82 Å². The fourth-order valence-corrected chi connectivity index (χ4v) is 3.17. The van der Waals surface area contributed by atoms with E-state index in [-0.39, 0.29) is 6.04 Å². The molecule has 1 atom stereocenters. The Balaban J connectivity index is 2.15. The Hall–Kier alpha value is -0.290. The lowest BCUT2D eigenvalue weighted by Gasteiger charge is -2.14. The van der Waals surface area contributed by atoms with E-state index in [1.54, 1.807) is 17.5 Å². The first kappa shape index (κ1) is 13.1. The zero-order chi connectivity index (χ0) is 12.4. The second kappa shape index (κ2) is 5.57. The second-order valence-electron chi connectivity index (χ2n) is 3.49. The fourth-order valence-electron chi connectivity index (χ4n) is 1.36. The van der Waals surface area contributed by atoms with Crippen LogP contribution < -0.4 is 5.32 Å². The average Bonchev–Trinajstić information content (AvgIpc) is 2.69. The molecule has 1 N–H and O–H groups in total. The molecule has 0 saturated heterocycles. The molecule has 0 spiro atoms. The van der Waals surface area contributed by atoms with Gasteiger partial charge in [0.05, 0.1) is 19.9 Å². The number of hydrogen-bond acceptors (Lipinski definition) is 3. The van der Waals surface area contributed by atoms with Crippen LogP contribution in [0.25, 0.3) is 0 Å². The normalized spacial score (nSPS) is 12.5. The predicted molar refractivity (Wildman–Crippen MR) is 78.3 cm³/mol. The number of hydrogen-bond donors (Lipinski definition) is 1. The molecule has 2 heterocycles. The molecule has 0 fully saturated rings. The van der Waals surface area contributed by atoms with E-state index in [9.17, 15) is 0 Å². The first-order chi connectivity index (χ1) is 8.06. The highest BCUT2D eigenvalue weighted by Gasteiger charge is 2.10. The van der Waals surface area contributed by atoms with Gasteiger partial charge in [-0.3, -0.25) is 0 Å². The summed E-state index contributed by atoms with van der Waals surface area (Å²) in [5.74, 6) is 0.770. The Kier molecular flexibility index (Phi) is 4.31. The minimum atomic E-state index is 0.150. The van der Waals surface area contributed by atoms with E-state index in [1.165, 1.54) is 4.88 Å². The van der Waals surface area contributed by atoms with Crippen LogP contribution in [-0.2, 0) is 0 Å². The maximum absolute atomic E-state index is 5.91. The van der Waals surface area contributed by atoms with E-state index < -0.39 is 0 Å². The van der Waals surface area contributed by atoms with Crippen molar-refractivity contribution in [3.8, 4) is 0 Å². The van der Waals surface area contributed by atoms with E-state index in [4.69, 9.17) is 23.2 Å². The topological polar surface area (TPSA) is 24.9 Å². The first-order valence-corrected chi connectivity index (χ1v) is 7.25. The van der Waals surface area contributed by atoms with E-state index >= 15 is 0 Å². The molecule has 17 heavy (non-hydrogen) atoms. The lowest BCUT2D eigenvalue weighted by molar-refractivity contribution is 0.894. The highest BCUT2D eigenvalue weighted by atomic mass is 79.9. The van der Waals surface area contributed by atoms with Crippen molar-refractivity contribution in [1.29, 1.82) is 0 Å². The number of nitrogens with one attached hydrogen (secondary N) is 1. The Morgan fingerprint density at radius 2 is 2.18 bits per heavy atom. The maximum Gasteiger partial charge on any atom is 0.140 e. The lowest BCUT2D eigenvalue weighted by atomic mass is 10.3. The molecule has 2 aromatic heterocycles. The molecular weight excluding hydrogens is 343 g/mol. The molecule has 2 rings (SSSR count). The Labute approximate surface area is 122 Å². The van der Waals surface area contributed by atoms with E-state index in [2.05, 4.69) is 33.2 Å². The van der Waals surface area contributed by atoms with Crippen molar-refractivity contribution in [2.75, 3.05) is 5.32 Å². The summed E-state index contributed by atoms with van der Waals surface area (Å²) in [5, 5.41) is 3.91. The summed E-state index contributed by atoms with van der Waals surface area (Å²) >= 11 is 16.7. The molecule has 0 aliphatic rings.